The molecule has 0 bridgehead atoms. The van der Waals surface area contributed by atoms with Crippen molar-refractivity contribution in [1.82, 2.24) is 5.32 Å². The van der Waals surface area contributed by atoms with Gasteiger partial charge in [0.05, 0.1) is 13.2 Å². The van der Waals surface area contributed by atoms with Crippen LogP contribution in [0.3, 0.4) is 0 Å². The van der Waals surface area contributed by atoms with Crippen LogP contribution in [0.25, 0.3) is 6.08 Å². The highest BCUT2D eigenvalue weighted by Gasteiger charge is 2.11. The molecule has 6 nitrogen and oxygen atoms in total. The maximum Gasteiger partial charge on any atom is 0.387 e. The molecule has 1 rings (SSSR count). The van der Waals surface area contributed by atoms with Gasteiger partial charge in [-0.3, -0.25) is 4.79 Å². The number of alkyl halides is 2. The molecule has 0 saturated heterocycles. The summed E-state index contributed by atoms with van der Waals surface area (Å²) in [4.78, 5) is 22.8. The first-order chi connectivity index (χ1) is 12.0. The van der Waals surface area contributed by atoms with Crippen LogP contribution in [0.4, 0.5) is 8.78 Å². The van der Waals surface area contributed by atoms with Crippen LogP contribution in [0.1, 0.15) is 12.5 Å². The number of esters is 1. The Bertz CT molecular complexity index is 667. The van der Waals surface area contributed by atoms with Gasteiger partial charge in [-0.05, 0) is 30.7 Å². The minimum Gasteiger partial charge on any atom is -0.490 e. The Hall–Kier alpha value is -3.08. The lowest BCUT2D eigenvalue weighted by Crippen LogP contribution is -2.28. The van der Waals surface area contributed by atoms with Gasteiger partial charge >= 0.3 is 12.6 Å². The van der Waals surface area contributed by atoms with Crippen molar-refractivity contribution in [3.05, 3.63) is 29.8 Å². The molecule has 1 N–H and O–H groups in total. The van der Waals surface area contributed by atoms with E-state index in [1.54, 1.807) is 6.92 Å². The lowest BCUT2D eigenvalue weighted by molar-refractivity contribution is -0.143. The molecule has 0 heterocycles. The predicted molar refractivity (Wildman–Crippen MR) is 86.1 cm³/mol. The van der Waals surface area contributed by atoms with Crippen molar-refractivity contribution in [2.24, 2.45) is 0 Å². The normalized spacial score (nSPS) is 10.4. The van der Waals surface area contributed by atoms with Crippen LogP contribution in [0.5, 0.6) is 11.5 Å². The molecular weight excluding hydrogens is 336 g/mol. The van der Waals surface area contributed by atoms with Crippen molar-refractivity contribution in [3.63, 3.8) is 0 Å². The number of carbonyl (C=O) groups is 2. The van der Waals surface area contributed by atoms with Crippen molar-refractivity contribution in [3.8, 4) is 23.8 Å². The molecule has 134 valence electrons. The van der Waals surface area contributed by atoms with Crippen molar-refractivity contribution in [1.29, 1.82) is 0 Å². The van der Waals surface area contributed by atoms with Gasteiger partial charge in [0.2, 0.25) is 0 Å². The molecule has 0 radical (unpaired) electrons. The number of hydrogen-bond donors (Lipinski definition) is 1. The van der Waals surface area contributed by atoms with Crippen molar-refractivity contribution in [2.75, 3.05) is 19.8 Å². The number of hydrogen-bond acceptors (Lipinski definition) is 5. The molecule has 8 heteroatoms. The van der Waals surface area contributed by atoms with Gasteiger partial charge in [-0.25, -0.2) is 4.79 Å². The van der Waals surface area contributed by atoms with Crippen molar-refractivity contribution in [2.45, 2.75) is 13.5 Å². The molecule has 1 amide bonds. The van der Waals surface area contributed by atoms with E-state index < -0.39 is 25.1 Å². The first-order valence-electron chi connectivity index (χ1n) is 7.23. The van der Waals surface area contributed by atoms with Crippen LogP contribution >= 0.6 is 0 Å². The highest BCUT2D eigenvalue weighted by Crippen LogP contribution is 2.30. The van der Waals surface area contributed by atoms with E-state index in [2.05, 4.69) is 16.0 Å². The molecule has 0 spiro atoms. The first kappa shape index (κ1) is 20.0. The van der Waals surface area contributed by atoms with Gasteiger partial charge in [0.15, 0.2) is 18.1 Å². The fraction of sp³-hybridized carbons (Fsp3) is 0.294. The van der Waals surface area contributed by atoms with Crippen LogP contribution in [0, 0.1) is 12.3 Å². The standard InChI is InChI=1S/C17H17F2NO5/c1-3-9-20-15(21)11-24-16(22)8-6-12-5-7-13(25-17(18)19)14(10-12)23-4-2/h1,5-8,10,17H,4,9,11H2,2H3,(H,20,21)/b8-6+. The Labute approximate surface area is 143 Å². The van der Waals surface area contributed by atoms with E-state index >= 15 is 0 Å². The summed E-state index contributed by atoms with van der Waals surface area (Å²) in [6, 6.07) is 4.20. The number of ether oxygens (including phenoxy) is 3. The van der Waals surface area contributed by atoms with Crippen LogP contribution in [-0.2, 0) is 14.3 Å². The SMILES string of the molecule is C#CCNC(=O)COC(=O)/C=C/c1ccc(OC(F)F)c(OCC)c1. The Morgan fingerprint density at radius 2 is 2.12 bits per heavy atom. The third kappa shape index (κ3) is 7.83. The number of carbonyl (C=O) groups excluding carboxylic acids is 2. The molecule has 0 aromatic heterocycles. The minimum atomic E-state index is -2.98. The fourth-order valence-electron chi connectivity index (χ4n) is 1.64. The molecule has 0 aliphatic carbocycles. The fourth-order valence-corrected chi connectivity index (χ4v) is 1.64. The van der Waals surface area contributed by atoms with Crippen LogP contribution < -0.4 is 14.8 Å². The van der Waals surface area contributed by atoms with Gasteiger partial charge in [-0.15, -0.1) is 6.42 Å². The third-order valence-corrected chi connectivity index (χ3v) is 2.63. The van der Waals surface area contributed by atoms with E-state index in [-0.39, 0.29) is 24.7 Å². The smallest absolute Gasteiger partial charge is 0.387 e. The zero-order valence-corrected chi connectivity index (χ0v) is 13.5. The number of terminal acetylenes is 1. The van der Waals surface area contributed by atoms with Gasteiger partial charge < -0.3 is 19.5 Å². The second-order valence-corrected chi connectivity index (χ2v) is 4.44. The monoisotopic (exact) mass is 353 g/mol. The Kier molecular flexibility index (Phi) is 8.50. The number of rotatable bonds is 9. The van der Waals surface area contributed by atoms with E-state index in [1.807, 2.05) is 0 Å². The number of nitrogens with one attached hydrogen (secondary N) is 1. The first-order valence-corrected chi connectivity index (χ1v) is 7.23. The van der Waals surface area contributed by atoms with Crippen LogP contribution in [0.2, 0.25) is 0 Å². The summed E-state index contributed by atoms with van der Waals surface area (Å²) in [6.07, 6.45) is 7.45. The number of halogens is 2. The largest absolute Gasteiger partial charge is 0.490 e. The average Bonchev–Trinajstić information content (AvgIpc) is 2.58. The summed E-state index contributed by atoms with van der Waals surface area (Å²) in [6.45, 7) is -1.45. The molecule has 0 unspecified atom stereocenters. The van der Waals surface area contributed by atoms with Crippen LogP contribution in [-0.4, -0.2) is 38.2 Å². The summed E-state index contributed by atoms with van der Waals surface area (Å²) in [5, 5.41) is 2.34. The molecule has 25 heavy (non-hydrogen) atoms. The Morgan fingerprint density at radius 3 is 2.76 bits per heavy atom. The van der Waals surface area contributed by atoms with Gasteiger partial charge in [-0.2, -0.15) is 8.78 Å². The van der Waals surface area contributed by atoms with Crippen LogP contribution in [0.15, 0.2) is 24.3 Å². The quantitative estimate of drug-likeness (QED) is 0.418. The lowest BCUT2D eigenvalue weighted by Gasteiger charge is -2.11. The van der Waals surface area contributed by atoms with Gasteiger partial charge in [0, 0.05) is 6.08 Å². The summed E-state index contributed by atoms with van der Waals surface area (Å²) in [5.74, 6) is 0.948. The molecule has 0 aliphatic rings. The van der Waals surface area contributed by atoms with Crippen molar-refractivity contribution < 1.29 is 32.6 Å². The van der Waals surface area contributed by atoms with E-state index in [4.69, 9.17) is 15.9 Å². The number of benzene rings is 1. The molecular formula is C17H17F2NO5. The Morgan fingerprint density at radius 1 is 1.36 bits per heavy atom. The average molecular weight is 353 g/mol. The maximum atomic E-state index is 12.3. The molecule has 0 fully saturated rings. The number of amides is 1. The van der Waals surface area contributed by atoms with E-state index in [1.165, 1.54) is 24.3 Å². The highest BCUT2D eigenvalue weighted by atomic mass is 19.3. The lowest BCUT2D eigenvalue weighted by atomic mass is 10.2. The molecule has 0 aliphatic heterocycles. The Balaban J connectivity index is 2.67. The van der Waals surface area contributed by atoms with E-state index in [0.29, 0.717) is 5.56 Å². The highest BCUT2D eigenvalue weighted by molar-refractivity contribution is 5.89. The summed E-state index contributed by atoms with van der Waals surface area (Å²) < 4.78 is 38.9. The predicted octanol–water partition coefficient (Wildman–Crippen LogP) is 1.99. The maximum absolute atomic E-state index is 12.3. The zero-order chi connectivity index (χ0) is 18.7. The molecule has 1 aromatic rings. The van der Waals surface area contributed by atoms with E-state index in [0.717, 1.165) is 6.08 Å². The van der Waals surface area contributed by atoms with Gasteiger partial charge in [0.1, 0.15) is 0 Å². The molecule has 0 atom stereocenters. The summed E-state index contributed by atoms with van der Waals surface area (Å²) in [5.41, 5.74) is 0.499. The van der Waals surface area contributed by atoms with Gasteiger partial charge in [-0.1, -0.05) is 12.0 Å². The van der Waals surface area contributed by atoms with Gasteiger partial charge in [0.25, 0.3) is 5.91 Å². The summed E-state index contributed by atoms with van der Waals surface area (Å²) in [7, 11) is 0. The minimum absolute atomic E-state index is 0.0411. The third-order valence-electron chi connectivity index (χ3n) is 2.63. The second-order valence-electron chi connectivity index (χ2n) is 4.44. The van der Waals surface area contributed by atoms with Crippen molar-refractivity contribution >= 4 is 18.0 Å². The topological polar surface area (TPSA) is 73.9 Å². The molecule has 0 saturated carbocycles. The zero-order valence-electron chi connectivity index (χ0n) is 13.5. The molecule has 1 aromatic carbocycles. The summed E-state index contributed by atoms with van der Waals surface area (Å²) >= 11 is 0. The second kappa shape index (κ2) is 10.6. The van der Waals surface area contributed by atoms with E-state index in [9.17, 15) is 18.4 Å².